The van der Waals surface area contributed by atoms with E-state index >= 15 is 0 Å². The number of benzene rings is 3. The first-order chi connectivity index (χ1) is 15.5. The van der Waals surface area contributed by atoms with Gasteiger partial charge in [0.05, 0.1) is 16.5 Å². The van der Waals surface area contributed by atoms with Gasteiger partial charge in [0.25, 0.3) is 10.0 Å². The van der Waals surface area contributed by atoms with Gasteiger partial charge in [0.15, 0.2) is 0 Å². The number of aromatic nitrogens is 1. The minimum absolute atomic E-state index is 0.106. The second-order valence-electron chi connectivity index (χ2n) is 7.16. The fourth-order valence-corrected chi connectivity index (χ4v) is 4.37. The average Bonchev–Trinajstić information content (AvgIpc) is 3.29. The first-order valence-corrected chi connectivity index (χ1v) is 11.5. The zero-order chi connectivity index (χ0) is 22.4. The predicted octanol–water partition coefficient (Wildman–Crippen LogP) is 4.01. The van der Waals surface area contributed by atoms with E-state index in [9.17, 15) is 8.42 Å². The Morgan fingerprint density at radius 1 is 1.00 bits per heavy atom. The fraction of sp³-hybridized carbons (Fsp3) is 0.125. The van der Waals surface area contributed by atoms with Gasteiger partial charge in [-0.1, -0.05) is 18.2 Å². The molecule has 3 N–H and O–H groups in total. The summed E-state index contributed by atoms with van der Waals surface area (Å²) in [6.45, 7) is 1.72. The van der Waals surface area contributed by atoms with Crippen LogP contribution < -0.4 is 14.8 Å². The smallest absolute Gasteiger partial charge is 0.261 e. The highest BCUT2D eigenvalue weighted by Gasteiger charge is 2.14. The molecule has 0 aliphatic rings. The average molecular weight is 447 g/mol. The summed E-state index contributed by atoms with van der Waals surface area (Å²) in [6, 6.07) is 22.9. The van der Waals surface area contributed by atoms with Crippen molar-refractivity contribution >= 4 is 26.6 Å². The predicted molar refractivity (Wildman–Crippen MR) is 124 cm³/mol. The van der Waals surface area contributed by atoms with Gasteiger partial charge < -0.3 is 15.0 Å². The number of ether oxygens (including phenoxy) is 1. The molecule has 0 fully saturated rings. The molecular weight excluding hydrogens is 424 g/mol. The van der Waals surface area contributed by atoms with E-state index in [-0.39, 0.29) is 4.90 Å². The molecule has 1 aromatic heterocycles. The minimum Gasteiger partial charge on any atom is -0.492 e. The Morgan fingerprint density at radius 2 is 1.81 bits per heavy atom. The summed E-state index contributed by atoms with van der Waals surface area (Å²) in [6.07, 6.45) is 1.89. The molecule has 0 bridgehead atoms. The van der Waals surface area contributed by atoms with Crippen molar-refractivity contribution in [1.29, 1.82) is 5.26 Å². The van der Waals surface area contributed by atoms with E-state index in [4.69, 9.17) is 10.00 Å². The largest absolute Gasteiger partial charge is 0.492 e. The number of nitriles is 1. The quantitative estimate of drug-likeness (QED) is 0.337. The monoisotopic (exact) mass is 446 g/mol. The highest BCUT2D eigenvalue weighted by atomic mass is 32.2. The molecule has 0 radical (unpaired) electrons. The summed E-state index contributed by atoms with van der Waals surface area (Å²) in [4.78, 5) is 3.27. The third-order valence-corrected chi connectivity index (χ3v) is 6.29. The van der Waals surface area contributed by atoms with Crippen LogP contribution in [0.4, 0.5) is 5.69 Å². The molecule has 32 heavy (non-hydrogen) atoms. The van der Waals surface area contributed by atoms with E-state index < -0.39 is 10.0 Å². The Kier molecular flexibility index (Phi) is 6.40. The first kappa shape index (κ1) is 21.4. The third-order valence-electron chi connectivity index (χ3n) is 4.89. The van der Waals surface area contributed by atoms with E-state index in [1.807, 2.05) is 42.6 Å². The normalized spacial score (nSPS) is 11.2. The summed E-state index contributed by atoms with van der Waals surface area (Å²) in [7, 11) is -3.73. The zero-order valence-electron chi connectivity index (χ0n) is 17.2. The first-order valence-electron chi connectivity index (χ1n) is 10.1. The van der Waals surface area contributed by atoms with Crippen molar-refractivity contribution in [2.75, 3.05) is 17.9 Å². The van der Waals surface area contributed by atoms with Crippen molar-refractivity contribution in [3.63, 3.8) is 0 Å². The van der Waals surface area contributed by atoms with Gasteiger partial charge in [-0.05, 0) is 60.2 Å². The van der Waals surface area contributed by atoms with Gasteiger partial charge in [-0.25, -0.2) is 8.42 Å². The lowest BCUT2D eigenvalue weighted by Gasteiger charge is -2.11. The second kappa shape index (κ2) is 9.56. The number of sulfonamides is 1. The highest BCUT2D eigenvalue weighted by Crippen LogP contribution is 2.24. The van der Waals surface area contributed by atoms with Crippen LogP contribution in [0.3, 0.4) is 0 Å². The molecule has 3 aromatic carbocycles. The molecule has 4 aromatic rings. The molecule has 0 spiro atoms. The Hall–Kier alpha value is -3.80. The van der Waals surface area contributed by atoms with Crippen molar-refractivity contribution in [3.05, 3.63) is 90.1 Å². The molecule has 7 nitrogen and oxygen atoms in total. The molecule has 0 aliphatic carbocycles. The van der Waals surface area contributed by atoms with Crippen LogP contribution in [0.25, 0.3) is 10.9 Å². The van der Waals surface area contributed by atoms with Gasteiger partial charge in [-0.3, -0.25) is 4.72 Å². The van der Waals surface area contributed by atoms with Crippen molar-refractivity contribution in [2.45, 2.75) is 11.4 Å². The van der Waals surface area contributed by atoms with Crippen molar-refractivity contribution < 1.29 is 13.2 Å². The Bertz CT molecular complexity index is 1360. The molecule has 0 aliphatic heterocycles. The number of hydrogen-bond acceptors (Lipinski definition) is 5. The minimum atomic E-state index is -3.73. The van der Waals surface area contributed by atoms with Crippen LogP contribution in [0.1, 0.15) is 11.1 Å². The van der Waals surface area contributed by atoms with Gasteiger partial charge >= 0.3 is 0 Å². The lowest BCUT2D eigenvalue weighted by Crippen LogP contribution is -2.20. The standard InChI is InChI=1S/C24H22N4O3S/c25-16-18-7-9-21(10-8-18)32(29,30)28-20-4-1-3-19(15-20)17-26-13-14-31-24-6-2-5-23-22(24)11-12-27-23/h1-12,15,26-28H,13-14,17H2. The summed E-state index contributed by atoms with van der Waals surface area (Å²) in [5.74, 6) is 0.838. The number of fused-ring (bicyclic) bond motifs is 1. The summed E-state index contributed by atoms with van der Waals surface area (Å²) in [5.41, 5.74) is 2.86. The summed E-state index contributed by atoms with van der Waals surface area (Å²) in [5, 5.41) is 13.2. The van der Waals surface area contributed by atoms with Crippen molar-refractivity contribution in [2.24, 2.45) is 0 Å². The molecule has 0 saturated carbocycles. The van der Waals surface area contributed by atoms with Crippen molar-refractivity contribution in [1.82, 2.24) is 10.3 Å². The number of H-pyrrole nitrogens is 1. The molecule has 4 rings (SSSR count). The van der Waals surface area contributed by atoms with Crippen LogP contribution in [0.5, 0.6) is 5.75 Å². The van der Waals surface area contributed by atoms with E-state index in [2.05, 4.69) is 15.0 Å². The summed E-state index contributed by atoms with van der Waals surface area (Å²) >= 11 is 0. The number of anilines is 1. The molecule has 1 heterocycles. The fourth-order valence-electron chi connectivity index (χ4n) is 3.32. The van der Waals surface area contributed by atoms with Crippen LogP contribution >= 0.6 is 0 Å². The van der Waals surface area contributed by atoms with Crippen LogP contribution in [0.15, 0.2) is 83.9 Å². The number of nitrogens with zero attached hydrogens (tertiary/aromatic N) is 1. The maximum absolute atomic E-state index is 12.6. The number of rotatable bonds is 9. The Labute approximate surface area is 186 Å². The molecule has 0 atom stereocenters. The SMILES string of the molecule is N#Cc1ccc(S(=O)(=O)Nc2cccc(CNCCOc3cccc4[nH]ccc34)c2)cc1. The van der Waals surface area contributed by atoms with Gasteiger partial charge in [0.1, 0.15) is 12.4 Å². The molecular formula is C24H22N4O3S. The topological polar surface area (TPSA) is 107 Å². The molecule has 8 heteroatoms. The number of nitrogens with one attached hydrogen (secondary N) is 3. The van der Waals surface area contributed by atoms with E-state index in [0.29, 0.717) is 30.9 Å². The van der Waals surface area contributed by atoms with Gasteiger partial charge in [-0.2, -0.15) is 5.26 Å². The number of hydrogen-bond donors (Lipinski definition) is 3. The van der Waals surface area contributed by atoms with Crippen LogP contribution in [-0.4, -0.2) is 26.6 Å². The molecule has 0 amide bonds. The van der Waals surface area contributed by atoms with Crippen molar-refractivity contribution in [3.8, 4) is 11.8 Å². The molecule has 0 unspecified atom stereocenters. The van der Waals surface area contributed by atoms with Gasteiger partial charge in [0, 0.05) is 35.9 Å². The van der Waals surface area contributed by atoms with E-state index in [1.54, 1.807) is 18.2 Å². The molecule has 0 saturated heterocycles. The van der Waals surface area contributed by atoms with E-state index in [1.165, 1.54) is 24.3 Å². The maximum Gasteiger partial charge on any atom is 0.261 e. The molecule has 162 valence electrons. The third kappa shape index (κ3) is 5.09. The Morgan fingerprint density at radius 3 is 2.62 bits per heavy atom. The van der Waals surface area contributed by atoms with E-state index in [0.717, 1.165) is 22.2 Å². The number of aromatic amines is 1. The lowest BCUT2D eigenvalue weighted by atomic mass is 10.2. The Balaban J connectivity index is 1.30. The van der Waals surface area contributed by atoms with Crippen LogP contribution in [0.2, 0.25) is 0 Å². The maximum atomic E-state index is 12.6. The van der Waals surface area contributed by atoms with Gasteiger partial charge in [0.2, 0.25) is 0 Å². The van der Waals surface area contributed by atoms with Crippen LogP contribution in [0, 0.1) is 11.3 Å². The van der Waals surface area contributed by atoms with Gasteiger partial charge in [-0.15, -0.1) is 0 Å². The zero-order valence-corrected chi connectivity index (χ0v) is 18.0. The lowest BCUT2D eigenvalue weighted by molar-refractivity contribution is 0.317. The summed E-state index contributed by atoms with van der Waals surface area (Å²) < 4.78 is 33.6. The second-order valence-corrected chi connectivity index (χ2v) is 8.84. The van der Waals surface area contributed by atoms with Crippen LogP contribution in [-0.2, 0) is 16.6 Å². The highest BCUT2D eigenvalue weighted by molar-refractivity contribution is 7.92.